The molecule has 3 aromatic rings. The monoisotopic (exact) mass is 437 g/mol. The van der Waals surface area contributed by atoms with Crippen LogP contribution in [0.1, 0.15) is 32.7 Å². The third kappa shape index (κ3) is 4.07. The second-order valence-electron chi connectivity index (χ2n) is 8.30. The third-order valence-corrected chi connectivity index (χ3v) is 7.86. The van der Waals surface area contributed by atoms with E-state index in [2.05, 4.69) is 4.98 Å². The van der Waals surface area contributed by atoms with Gasteiger partial charge in [0.2, 0.25) is 10.0 Å². The van der Waals surface area contributed by atoms with Crippen molar-refractivity contribution in [1.82, 2.24) is 14.2 Å². The van der Waals surface area contributed by atoms with E-state index in [0.29, 0.717) is 23.5 Å². The first-order valence-corrected chi connectivity index (χ1v) is 11.9. The summed E-state index contributed by atoms with van der Waals surface area (Å²) in [7, 11) is -3.58. The number of hydrogen-bond donors (Lipinski definition) is 0. The Bertz CT molecular complexity index is 1280. The van der Waals surface area contributed by atoms with Gasteiger partial charge in [-0.15, -0.1) is 0 Å². The average Bonchev–Trinajstić information content (AvgIpc) is 2.73. The number of nitrogens with zero attached hydrogens (tertiary/aromatic N) is 3. The van der Waals surface area contributed by atoms with Crippen molar-refractivity contribution in [3.63, 3.8) is 0 Å². The molecular formula is C24H27N3O3S. The number of carbonyl (C=O) groups excluding carboxylic acids is 1. The Balaban J connectivity index is 1.56. The van der Waals surface area contributed by atoms with Crippen LogP contribution in [-0.2, 0) is 10.0 Å². The van der Waals surface area contributed by atoms with E-state index in [4.69, 9.17) is 0 Å². The van der Waals surface area contributed by atoms with Gasteiger partial charge >= 0.3 is 0 Å². The molecule has 6 nitrogen and oxygen atoms in total. The van der Waals surface area contributed by atoms with Crippen LogP contribution < -0.4 is 0 Å². The van der Waals surface area contributed by atoms with Crippen molar-refractivity contribution in [1.29, 1.82) is 0 Å². The van der Waals surface area contributed by atoms with Gasteiger partial charge in [0.25, 0.3) is 5.91 Å². The van der Waals surface area contributed by atoms with Crippen LogP contribution in [-0.4, -0.2) is 54.7 Å². The third-order valence-electron chi connectivity index (χ3n) is 5.80. The maximum atomic E-state index is 13.3. The minimum atomic E-state index is -3.58. The number of fused-ring (bicyclic) bond motifs is 1. The lowest BCUT2D eigenvalue weighted by atomic mass is 10.0. The highest BCUT2D eigenvalue weighted by molar-refractivity contribution is 7.89. The minimum absolute atomic E-state index is 0.0790. The number of rotatable bonds is 3. The molecule has 0 bridgehead atoms. The van der Waals surface area contributed by atoms with Crippen LogP contribution in [0.5, 0.6) is 0 Å². The maximum absolute atomic E-state index is 13.3. The number of pyridine rings is 1. The highest BCUT2D eigenvalue weighted by Crippen LogP contribution is 2.25. The lowest BCUT2D eigenvalue weighted by Gasteiger charge is -2.34. The summed E-state index contributed by atoms with van der Waals surface area (Å²) in [6, 6.07) is 13.1. The molecule has 0 atom stereocenters. The second kappa shape index (κ2) is 8.05. The van der Waals surface area contributed by atoms with Gasteiger partial charge in [-0.25, -0.2) is 8.42 Å². The highest BCUT2D eigenvalue weighted by atomic mass is 32.2. The van der Waals surface area contributed by atoms with Crippen molar-refractivity contribution in [2.75, 3.05) is 26.2 Å². The van der Waals surface area contributed by atoms with Gasteiger partial charge in [0.1, 0.15) is 0 Å². The van der Waals surface area contributed by atoms with Crippen LogP contribution in [0.15, 0.2) is 47.4 Å². The van der Waals surface area contributed by atoms with Crippen molar-refractivity contribution >= 4 is 26.8 Å². The van der Waals surface area contributed by atoms with E-state index in [1.807, 2.05) is 64.1 Å². The molecule has 4 rings (SSSR count). The van der Waals surface area contributed by atoms with Crippen molar-refractivity contribution in [3.05, 3.63) is 70.4 Å². The lowest BCUT2D eigenvalue weighted by molar-refractivity contribution is 0.0699. The Hall–Kier alpha value is -2.77. The zero-order chi connectivity index (χ0) is 22.3. The molecular weight excluding hydrogens is 410 g/mol. The van der Waals surface area contributed by atoms with Crippen molar-refractivity contribution < 1.29 is 13.2 Å². The molecule has 0 N–H and O–H groups in total. The second-order valence-corrected chi connectivity index (χ2v) is 10.2. The van der Waals surface area contributed by atoms with Crippen LogP contribution in [0, 0.1) is 27.7 Å². The quantitative estimate of drug-likeness (QED) is 0.628. The summed E-state index contributed by atoms with van der Waals surface area (Å²) in [5, 5.41) is 0.834. The van der Waals surface area contributed by atoms with E-state index < -0.39 is 10.0 Å². The first kappa shape index (κ1) is 21.5. The molecule has 2 aromatic carbocycles. The van der Waals surface area contributed by atoms with Gasteiger partial charge in [-0.3, -0.25) is 9.78 Å². The first-order valence-electron chi connectivity index (χ1n) is 10.4. The highest BCUT2D eigenvalue weighted by Gasteiger charge is 2.31. The number of amides is 1. The number of piperazine rings is 1. The standard InChI is InChI=1S/C24H27N3O3S/c1-16-6-8-23(18(3)13-16)31(29,30)27-11-9-26(10-12-27)24(28)21-15-19(4)25-22-7-5-17(2)14-20(21)22/h5-8,13-15H,9-12H2,1-4H3. The summed E-state index contributed by atoms with van der Waals surface area (Å²) in [4.78, 5) is 19.9. The summed E-state index contributed by atoms with van der Waals surface area (Å²) in [5.41, 5.74) is 5.05. The molecule has 0 saturated carbocycles. The fraction of sp³-hybridized carbons (Fsp3) is 0.333. The number of aryl methyl sites for hydroxylation is 4. The van der Waals surface area contributed by atoms with Gasteiger partial charge in [-0.1, -0.05) is 29.3 Å². The van der Waals surface area contributed by atoms with Gasteiger partial charge in [-0.2, -0.15) is 4.31 Å². The van der Waals surface area contributed by atoms with Crippen molar-refractivity contribution in [2.45, 2.75) is 32.6 Å². The van der Waals surface area contributed by atoms with Gasteiger partial charge in [0.05, 0.1) is 16.0 Å². The Morgan fingerprint density at radius 2 is 1.52 bits per heavy atom. The number of aromatic nitrogens is 1. The maximum Gasteiger partial charge on any atom is 0.254 e. The molecule has 162 valence electrons. The molecule has 1 aromatic heterocycles. The molecule has 0 unspecified atom stereocenters. The Kier molecular flexibility index (Phi) is 5.58. The van der Waals surface area contributed by atoms with E-state index in [-0.39, 0.29) is 19.0 Å². The number of benzene rings is 2. The SMILES string of the molecule is Cc1ccc(S(=O)(=O)N2CCN(C(=O)c3cc(C)nc4ccc(C)cc34)CC2)c(C)c1. The zero-order valence-corrected chi connectivity index (χ0v) is 19.2. The molecule has 0 aliphatic carbocycles. The van der Waals surface area contributed by atoms with E-state index in [1.54, 1.807) is 11.0 Å². The molecule has 1 saturated heterocycles. The minimum Gasteiger partial charge on any atom is -0.336 e. The van der Waals surface area contributed by atoms with E-state index in [9.17, 15) is 13.2 Å². The molecule has 1 amide bonds. The topological polar surface area (TPSA) is 70.6 Å². The van der Waals surface area contributed by atoms with Gasteiger partial charge in [0.15, 0.2) is 0 Å². The normalized spacial score (nSPS) is 15.4. The van der Waals surface area contributed by atoms with E-state index >= 15 is 0 Å². The van der Waals surface area contributed by atoms with Crippen molar-refractivity contribution in [3.8, 4) is 0 Å². The molecule has 1 aliphatic rings. The Morgan fingerprint density at radius 3 is 2.19 bits per heavy atom. The Labute approximate surface area is 183 Å². The van der Waals surface area contributed by atoms with Gasteiger partial charge in [-0.05, 0) is 57.5 Å². The van der Waals surface area contributed by atoms with E-state index in [0.717, 1.165) is 33.3 Å². The van der Waals surface area contributed by atoms with Crippen molar-refractivity contribution in [2.24, 2.45) is 0 Å². The van der Waals surface area contributed by atoms with Crippen LogP contribution in [0.4, 0.5) is 0 Å². The largest absolute Gasteiger partial charge is 0.336 e. The molecule has 0 spiro atoms. The van der Waals surface area contributed by atoms with Crippen LogP contribution >= 0.6 is 0 Å². The number of hydrogen-bond acceptors (Lipinski definition) is 4. The summed E-state index contributed by atoms with van der Waals surface area (Å²) < 4.78 is 27.8. The summed E-state index contributed by atoms with van der Waals surface area (Å²) >= 11 is 0. The zero-order valence-electron chi connectivity index (χ0n) is 18.3. The van der Waals surface area contributed by atoms with E-state index in [1.165, 1.54) is 4.31 Å². The summed E-state index contributed by atoms with van der Waals surface area (Å²) in [6.45, 7) is 8.91. The van der Waals surface area contributed by atoms with Crippen LogP contribution in [0.25, 0.3) is 10.9 Å². The molecule has 1 fully saturated rings. The van der Waals surface area contributed by atoms with Crippen LogP contribution in [0.2, 0.25) is 0 Å². The predicted octanol–water partition coefficient (Wildman–Crippen LogP) is 3.62. The fourth-order valence-corrected chi connectivity index (χ4v) is 5.81. The fourth-order valence-electron chi connectivity index (χ4n) is 4.18. The molecule has 2 heterocycles. The lowest BCUT2D eigenvalue weighted by Crippen LogP contribution is -2.50. The average molecular weight is 438 g/mol. The smallest absolute Gasteiger partial charge is 0.254 e. The number of carbonyl (C=O) groups is 1. The van der Waals surface area contributed by atoms with Crippen LogP contribution in [0.3, 0.4) is 0 Å². The van der Waals surface area contributed by atoms with Gasteiger partial charge < -0.3 is 4.90 Å². The molecule has 1 aliphatic heterocycles. The van der Waals surface area contributed by atoms with Gasteiger partial charge in [0, 0.05) is 37.3 Å². The molecule has 0 radical (unpaired) electrons. The number of sulfonamides is 1. The first-order chi connectivity index (χ1) is 14.7. The molecule has 7 heteroatoms. The predicted molar refractivity (Wildman–Crippen MR) is 122 cm³/mol. The summed E-state index contributed by atoms with van der Waals surface area (Å²) in [6.07, 6.45) is 0. The Morgan fingerprint density at radius 1 is 0.871 bits per heavy atom. The summed E-state index contributed by atoms with van der Waals surface area (Å²) in [5.74, 6) is -0.0790. The molecule has 31 heavy (non-hydrogen) atoms.